The lowest BCUT2D eigenvalue weighted by molar-refractivity contribution is -0.129. The van der Waals surface area contributed by atoms with Gasteiger partial charge in [-0.3, -0.25) is 9.69 Å². The Morgan fingerprint density at radius 1 is 1.45 bits per heavy atom. The van der Waals surface area contributed by atoms with Crippen LogP contribution in [0, 0.1) is 11.3 Å². The first-order valence-corrected chi connectivity index (χ1v) is 6.93. The number of hydrogen-bond acceptors (Lipinski definition) is 4. The van der Waals surface area contributed by atoms with E-state index in [0.717, 1.165) is 4.90 Å². The number of halogens is 2. The highest BCUT2D eigenvalue weighted by Crippen LogP contribution is 2.33. The molecule has 1 unspecified atom stereocenters. The molecule has 22 heavy (non-hydrogen) atoms. The zero-order valence-electron chi connectivity index (χ0n) is 13.2. The molecule has 0 aromatic heterocycles. The summed E-state index contributed by atoms with van der Waals surface area (Å²) in [5.41, 5.74) is -0.790. The molecule has 0 radical (unpaired) electrons. The van der Waals surface area contributed by atoms with Gasteiger partial charge in [-0.1, -0.05) is 0 Å². The summed E-state index contributed by atoms with van der Waals surface area (Å²) in [6.45, 7) is 4.16. The average molecular weight is 317 g/mol. The van der Waals surface area contributed by atoms with E-state index in [-0.39, 0.29) is 13.0 Å². The van der Waals surface area contributed by atoms with E-state index in [1.54, 1.807) is 26.8 Å². The van der Waals surface area contributed by atoms with Crippen LogP contribution < -0.4 is 0 Å². The molecule has 124 valence electrons. The fourth-order valence-corrected chi connectivity index (χ4v) is 2.22. The third kappa shape index (κ3) is 5.13. The molecule has 1 rings (SSSR count). The minimum atomic E-state index is -3.01. The van der Waals surface area contributed by atoms with Gasteiger partial charge in [-0.2, -0.15) is 5.26 Å². The Balaban J connectivity index is 2.79. The topological polar surface area (TPSA) is 73.6 Å². The second-order valence-electron chi connectivity index (χ2n) is 6.43. The fraction of sp³-hybridized carbons (Fsp3) is 0.786. The summed E-state index contributed by atoms with van der Waals surface area (Å²) in [4.78, 5) is 25.8. The van der Waals surface area contributed by atoms with Crippen molar-refractivity contribution >= 4 is 12.0 Å². The Morgan fingerprint density at radius 3 is 2.55 bits per heavy atom. The van der Waals surface area contributed by atoms with Gasteiger partial charge >= 0.3 is 6.09 Å². The Morgan fingerprint density at radius 2 is 2.05 bits per heavy atom. The maximum absolute atomic E-state index is 13.6. The molecular formula is C14H21F2N3O3. The standard InChI is InChI=1S/C14H21F2N3O3/c1-13(2,3)22-12(21)19-9-14(15,16)7-10(19)8-18(4)11(20)5-6-17/h10H,5,7-9H2,1-4H3. The maximum Gasteiger partial charge on any atom is 0.410 e. The van der Waals surface area contributed by atoms with E-state index in [1.807, 2.05) is 0 Å². The second kappa shape index (κ2) is 6.46. The number of rotatable bonds is 3. The van der Waals surface area contributed by atoms with Crippen LogP contribution in [0.15, 0.2) is 0 Å². The summed E-state index contributed by atoms with van der Waals surface area (Å²) in [5, 5.41) is 8.50. The molecule has 0 aromatic rings. The third-order valence-electron chi connectivity index (χ3n) is 3.15. The molecule has 1 saturated heterocycles. The molecule has 1 aliphatic rings. The zero-order chi connectivity index (χ0) is 17.1. The quantitative estimate of drug-likeness (QED) is 0.798. The van der Waals surface area contributed by atoms with Crippen LogP contribution in [-0.2, 0) is 9.53 Å². The van der Waals surface area contributed by atoms with Crippen molar-refractivity contribution in [3.05, 3.63) is 0 Å². The molecule has 6 nitrogen and oxygen atoms in total. The van der Waals surface area contributed by atoms with Gasteiger partial charge in [0, 0.05) is 20.0 Å². The normalized spacial score (nSPS) is 20.4. The number of likely N-dealkylation sites (N-methyl/N-ethyl adjacent to an activating group) is 1. The molecule has 0 bridgehead atoms. The van der Waals surface area contributed by atoms with E-state index in [9.17, 15) is 18.4 Å². The molecule has 1 heterocycles. The number of nitrogens with zero attached hydrogens (tertiary/aromatic N) is 3. The van der Waals surface area contributed by atoms with Gasteiger partial charge in [-0.05, 0) is 20.8 Å². The first-order valence-electron chi connectivity index (χ1n) is 6.93. The molecule has 2 amide bonds. The number of nitriles is 1. The fourth-order valence-electron chi connectivity index (χ4n) is 2.22. The van der Waals surface area contributed by atoms with Crippen molar-refractivity contribution < 1.29 is 23.1 Å². The lowest BCUT2D eigenvalue weighted by Gasteiger charge is -2.30. The smallest absolute Gasteiger partial charge is 0.410 e. The van der Waals surface area contributed by atoms with Crippen LogP contribution in [0.4, 0.5) is 13.6 Å². The summed E-state index contributed by atoms with van der Waals surface area (Å²) in [6, 6.07) is 0.874. The number of carbonyl (C=O) groups is 2. The summed E-state index contributed by atoms with van der Waals surface area (Å²) in [7, 11) is 1.42. The monoisotopic (exact) mass is 317 g/mol. The van der Waals surface area contributed by atoms with Gasteiger partial charge < -0.3 is 9.64 Å². The largest absolute Gasteiger partial charge is 0.444 e. The van der Waals surface area contributed by atoms with Crippen LogP contribution in [0.25, 0.3) is 0 Å². The predicted octanol–water partition coefficient (Wildman–Crippen LogP) is 2.00. The lowest BCUT2D eigenvalue weighted by Crippen LogP contribution is -2.45. The third-order valence-corrected chi connectivity index (χ3v) is 3.15. The van der Waals surface area contributed by atoms with Crippen molar-refractivity contribution in [2.45, 2.75) is 51.2 Å². The van der Waals surface area contributed by atoms with Crippen LogP contribution >= 0.6 is 0 Å². The van der Waals surface area contributed by atoms with Crippen molar-refractivity contribution in [1.29, 1.82) is 5.26 Å². The summed E-state index contributed by atoms with van der Waals surface area (Å²) in [6.07, 6.45) is -1.68. The molecule has 1 aliphatic heterocycles. The first-order chi connectivity index (χ1) is 9.95. The number of likely N-dealkylation sites (tertiary alicyclic amines) is 1. The Bertz CT molecular complexity index is 483. The highest BCUT2D eigenvalue weighted by molar-refractivity contribution is 5.78. The molecule has 0 N–H and O–H groups in total. The van der Waals surface area contributed by atoms with Gasteiger partial charge in [-0.15, -0.1) is 0 Å². The summed E-state index contributed by atoms with van der Waals surface area (Å²) < 4.78 is 32.4. The molecule has 0 spiro atoms. The van der Waals surface area contributed by atoms with E-state index in [4.69, 9.17) is 10.00 Å². The van der Waals surface area contributed by atoms with Gasteiger partial charge in [0.05, 0.1) is 18.7 Å². The van der Waals surface area contributed by atoms with E-state index in [0.29, 0.717) is 0 Å². The molecule has 0 saturated carbocycles. The minimum absolute atomic E-state index is 0.0602. The van der Waals surface area contributed by atoms with Crippen molar-refractivity contribution in [2.75, 3.05) is 20.1 Å². The Labute approximate surface area is 128 Å². The Kier molecular flexibility index (Phi) is 5.33. The van der Waals surface area contributed by atoms with Crippen LogP contribution in [-0.4, -0.2) is 59.5 Å². The zero-order valence-corrected chi connectivity index (χ0v) is 13.2. The van der Waals surface area contributed by atoms with Crippen molar-refractivity contribution in [2.24, 2.45) is 0 Å². The van der Waals surface area contributed by atoms with Crippen LogP contribution in [0.1, 0.15) is 33.6 Å². The van der Waals surface area contributed by atoms with E-state index in [2.05, 4.69) is 0 Å². The molecule has 0 aromatic carbocycles. The van der Waals surface area contributed by atoms with E-state index >= 15 is 0 Å². The highest BCUT2D eigenvalue weighted by Gasteiger charge is 2.48. The highest BCUT2D eigenvalue weighted by atomic mass is 19.3. The number of alkyl halides is 2. The Hall–Kier alpha value is -1.91. The van der Waals surface area contributed by atoms with Gasteiger partial charge in [0.15, 0.2) is 0 Å². The molecule has 1 atom stereocenters. The second-order valence-corrected chi connectivity index (χ2v) is 6.43. The van der Waals surface area contributed by atoms with Gasteiger partial charge in [0.1, 0.15) is 12.0 Å². The predicted molar refractivity (Wildman–Crippen MR) is 74.2 cm³/mol. The van der Waals surface area contributed by atoms with Crippen molar-refractivity contribution in [3.63, 3.8) is 0 Å². The molecule has 0 aliphatic carbocycles. The first kappa shape index (κ1) is 18.1. The van der Waals surface area contributed by atoms with Gasteiger partial charge in [0.2, 0.25) is 5.91 Å². The number of hydrogen-bond donors (Lipinski definition) is 0. The summed E-state index contributed by atoms with van der Waals surface area (Å²) in [5.74, 6) is -3.48. The number of amides is 2. The maximum atomic E-state index is 13.6. The van der Waals surface area contributed by atoms with Crippen LogP contribution in [0.2, 0.25) is 0 Å². The minimum Gasteiger partial charge on any atom is -0.444 e. The van der Waals surface area contributed by atoms with Gasteiger partial charge in [-0.25, -0.2) is 13.6 Å². The van der Waals surface area contributed by atoms with Crippen LogP contribution in [0.3, 0.4) is 0 Å². The number of ether oxygens (including phenoxy) is 1. The number of carbonyl (C=O) groups excluding carboxylic acids is 2. The molecule has 1 fully saturated rings. The molecular weight excluding hydrogens is 296 g/mol. The lowest BCUT2D eigenvalue weighted by atomic mass is 10.1. The van der Waals surface area contributed by atoms with Gasteiger partial charge in [0.25, 0.3) is 5.92 Å². The summed E-state index contributed by atoms with van der Waals surface area (Å²) >= 11 is 0. The van der Waals surface area contributed by atoms with E-state index < -0.39 is 42.5 Å². The van der Waals surface area contributed by atoms with Crippen LogP contribution in [0.5, 0.6) is 0 Å². The molecule has 8 heteroatoms. The van der Waals surface area contributed by atoms with Crippen molar-refractivity contribution in [1.82, 2.24) is 9.80 Å². The van der Waals surface area contributed by atoms with Crippen molar-refractivity contribution in [3.8, 4) is 6.07 Å². The van der Waals surface area contributed by atoms with E-state index in [1.165, 1.54) is 11.9 Å². The average Bonchev–Trinajstić information content (AvgIpc) is 2.62. The SMILES string of the molecule is CN(CC1CC(F)(F)CN1C(=O)OC(C)(C)C)C(=O)CC#N.